The van der Waals surface area contributed by atoms with Crippen LogP contribution in [0.5, 0.6) is 5.75 Å². The third-order valence-corrected chi connectivity index (χ3v) is 4.36. The van der Waals surface area contributed by atoms with Crippen LogP contribution in [0, 0.1) is 6.92 Å². The second-order valence-corrected chi connectivity index (χ2v) is 6.52. The molecule has 6 nitrogen and oxygen atoms in total. The van der Waals surface area contributed by atoms with Gasteiger partial charge in [0.1, 0.15) is 23.8 Å². The Morgan fingerprint density at radius 2 is 2.35 bits per heavy atom. The highest BCUT2D eigenvalue weighted by atomic mass is 79.9. The predicted octanol–water partition coefficient (Wildman–Crippen LogP) is 2.50. The summed E-state index contributed by atoms with van der Waals surface area (Å²) in [6, 6.07) is 7.22. The highest BCUT2D eigenvalue weighted by molar-refractivity contribution is 9.10. The molecule has 7 heteroatoms. The van der Waals surface area contributed by atoms with Gasteiger partial charge in [-0.15, -0.1) is 0 Å². The molecule has 2 heterocycles. The van der Waals surface area contributed by atoms with E-state index in [4.69, 9.17) is 15.0 Å². The highest BCUT2D eigenvalue weighted by Gasteiger charge is 2.24. The van der Waals surface area contributed by atoms with Crippen molar-refractivity contribution < 1.29 is 14.1 Å². The van der Waals surface area contributed by atoms with E-state index in [0.29, 0.717) is 31.0 Å². The Labute approximate surface area is 142 Å². The van der Waals surface area contributed by atoms with Gasteiger partial charge in [0.05, 0.1) is 4.47 Å². The lowest BCUT2D eigenvalue weighted by molar-refractivity contribution is 0.0790. The Morgan fingerprint density at radius 3 is 2.96 bits per heavy atom. The first-order valence-corrected chi connectivity index (χ1v) is 8.21. The molecule has 0 aliphatic carbocycles. The van der Waals surface area contributed by atoms with E-state index in [2.05, 4.69) is 21.1 Å². The normalized spacial score (nSPS) is 17.5. The van der Waals surface area contributed by atoms with E-state index < -0.39 is 0 Å². The number of aromatic nitrogens is 1. The molecular weight excluding hydrogens is 362 g/mol. The number of carbonyl (C=O) groups is 1. The van der Waals surface area contributed by atoms with Crippen molar-refractivity contribution in [3.8, 4) is 5.75 Å². The van der Waals surface area contributed by atoms with Gasteiger partial charge in [0, 0.05) is 30.8 Å². The fourth-order valence-electron chi connectivity index (χ4n) is 2.54. The Morgan fingerprint density at radius 1 is 1.52 bits per heavy atom. The number of amides is 1. The van der Waals surface area contributed by atoms with Crippen molar-refractivity contribution >= 4 is 21.8 Å². The first-order valence-electron chi connectivity index (χ1n) is 7.42. The van der Waals surface area contributed by atoms with Crippen LogP contribution in [0.25, 0.3) is 0 Å². The number of hydrogen-bond donors (Lipinski definition) is 1. The average molecular weight is 380 g/mol. The third-order valence-electron chi connectivity index (χ3n) is 3.74. The molecule has 0 saturated carbocycles. The zero-order valence-corrected chi connectivity index (χ0v) is 14.4. The van der Waals surface area contributed by atoms with Crippen LogP contribution in [0.2, 0.25) is 0 Å². The van der Waals surface area contributed by atoms with Gasteiger partial charge < -0.3 is 19.9 Å². The topological polar surface area (TPSA) is 81.6 Å². The van der Waals surface area contributed by atoms with Gasteiger partial charge in [0.25, 0.3) is 5.91 Å². The van der Waals surface area contributed by atoms with Gasteiger partial charge in [-0.3, -0.25) is 4.79 Å². The highest BCUT2D eigenvalue weighted by Crippen LogP contribution is 2.27. The molecular formula is C16H18BrN3O3. The maximum absolute atomic E-state index is 12.4. The van der Waals surface area contributed by atoms with Crippen LogP contribution in [-0.4, -0.2) is 35.1 Å². The number of carbonyl (C=O) groups excluding carboxylic acids is 1. The van der Waals surface area contributed by atoms with Gasteiger partial charge in [-0.2, -0.15) is 0 Å². The smallest absolute Gasteiger partial charge is 0.253 e. The fourth-order valence-corrected chi connectivity index (χ4v) is 3.04. The van der Waals surface area contributed by atoms with Crippen molar-refractivity contribution in [2.75, 3.05) is 13.1 Å². The van der Waals surface area contributed by atoms with Crippen LogP contribution in [0.15, 0.2) is 33.3 Å². The number of benzene rings is 1. The molecule has 2 aromatic rings. The van der Waals surface area contributed by atoms with Crippen LogP contribution < -0.4 is 10.5 Å². The van der Waals surface area contributed by atoms with Crippen molar-refractivity contribution in [3.05, 3.63) is 45.8 Å². The lowest BCUT2D eigenvalue weighted by Crippen LogP contribution is -2.31. The van der Waals surface area contributed by atoms with Gasteiger partial charge in [-0.25, -0.2) is 0 Å². The van der Waals surface area contributed by atoms with E-state index >= 15 is 0 Å². The van der Waals surface area contributed by atoms with Gasteiger partial charge >= 0.3 is 0 Å². The summed E-state index contributed by atoms with van der Waals surface area (Å²) in [5.74, 6) is 1.39. The molecule has 23 heavy (non-hydrogen) atoms. The van der Waals surface area contributed by atoms with Crippen LogP contribution in [0.3, 0.4) is 0 Å². The number of nitrogens with zero attached hydrogens (tertiary/aromatic N) is 2. The van der Waals surface area contributed by atoms with E-state index in [9.17, 15) is 4.79 Å². The number of ether oxygens (including phenoxy) is 1. The molecule has 0 bridgehead atoms. The number of nitrogens with two attached hydrogens (primary N) is 1. The van der Waals surface area contributed by atoms with E-state index in [1.54, 1.807) is 23.1 Å². The first kappa shape index (κ1) is 16.0. The van der Waals surface area contributed by atoms with Crippen molar-refractivity contribution in [1.82, 2.24) is 10.1 Å². The summed E-state index contributed by atoms with van der Waals surface area (Å²) in [4.78, 5) is 14.2. The van der Waals surface area contributed by atoms with E-state index in [1.807, 2.05) is 13.0 Å². The predicted molar refractivity (Wildman–Crippen MR) is 88.2 cm³/mol. The number of rotatable bonds is 4. The monoisotopic (exact) mass is 379 g/mol. The van der Waals surface area contributed by atoms with Crippen molar-refractivity contribution in [2.24, 2.45) is 5.73 Å². The zero-order chi connectivity index (χ0) is 16.4. The zero-order valence-electron chi connectivity index (χ0n) is 12.8. The number of likely N-dealkylation sites (tertiary alicyclic amines) is 1. The summed E-state index contributed by atoms with van der Waals surface area (Å²) in [5, 5.41) is 3.88. The fraction of sp³-hybridized carbons (Fsp3) is 0.375. The molecule has 2 N–H and O–H groups in total. The molecule has 1 aliphatic heterocycles. The first-order chi connectivity index (χ1) is 11.0. The van der Waals surface area contributed by atoms with Crippen LogP contribution >= 0.6 is 15.9 Å². The van der Waals surface area contributed by atoms with Crippen LogP contribution in [0.4, 0.5) is 0 Å². The maximum Gasteiger partial charge on any atom is 0.253 e. The van der Waals surface area contributed by atoms with Crippen molar-refractivity contribution in [1.29, 1.82) is 0 Å². The molecule has 0 spiro atoms. The van der Waals surface area contributed by atoms with Gasteiger partial charge in [0.2, 0.25) is 0 Å². The largest absolute Gasteiger partial charge is 0.486 e. The van der Waals surface area contributed by atoms with Gasteiger partial charge in [0.15, 0.2) is 0 Å². The molecule has 1 aromatic heterocycles. The molecule has 1 aromatic carbocycles. The van der Waals surface area contributed by atoms with E-state index in [-0.39, 0.29) is 11.9 Å². The van der Waals surface area contributed by atoms with Crippen molar-refractivity contribution in [2.45, 2.75) is 26.0 Å². The Bertz CT molecular complexity index is 716. The molecule has 1 aliphatic rings. The van der Waals surface area contributed by atoms with Crippen LogP contribution in [0.1, 0.15) is 28.2 Å². The minimum Gasteiger partial charge on any atom is -0.486 e. The number of halogens is 1. The van der Waals surface area contributed by atoms with Gasteiger partial charge in [-0.1, -0.05) is 5.16 Å². The third kappa shape index (κ3) is 3.73. The number of hydrogen-bond acceptors (Lipinski definition) is 5. The molecule has 0 radical (unpaired) electrons. The SMILES string of the molecule is Cc1cc(COc2ccc(C(=O)N3CC[C@H](N)C3)cc2Br)no1. The van der Waals surface area contributed by atoms with E-state index in [0.717, 1.165) is 22.3 Å². The molecule has 1 saturated heterocycles. The van der Waals surface area contributed by atoms with Gasteiger partial charge in [-0.05, 0) is 47.5 Å². The van der Waals surface area contributed by atoms with Crippen molar-refractivity contribution in [3.63, 3.8) is 0 Å². The summed E-state index contributed by atoms with van der Waals surface area (Å²) in [7, 11) is 0. The summed E-state index contributed by atoms with van der Waals surface area (Å²) in [6.45, 7) is 3.46. The summed E-state index contributed by atoms with van der Waals surface area (Å²) in [5.41, 5.74) is 7.20. The summed E-state index contributed by atoms with van der Waals surface area (Å²) >= 11 is 3.45. The molecule has 0 unspecified atom stereocenters. The Hall–Kier alpha value is -1.86. The molecule has 3 rings (SSSR count). The standard InChI is InChI=1S/C16H18BrN3O3/c1-10-6-13(19-23-10)9-22-15-3-2-11(7-14(15)17)16(21)20-5-4-12(18)8-20/h2-3,6-7,12H,4-5,8-9,18H2,1H3/t12-/m0/s1. The lowest BCUT2D eigenvalue weighted by Gasteiger charge is -2.16. The molecule has 1 atom stereocenters. The summed E-state index contributed by atoms with van der Waals surface area (Å²) < 4.78 is 11.4. The molecule has 122 valence electrons. The second-order valence-electron chi connectivity index (χ2n) is 5.66. The van der Waals surface area contributed by atoms with Crippen LogP contribution in [-0.2, 0) is 6.61 Å². The average Bonchev–Trinajstić information content (AvgIpc) is 3.14. The number of aryl methyl sites for hydroxylation is 1. The molecule has 1 amide bonds. The minimum atomic E-state index is -0.00248. The second kappa shape index (κ2) is 6.72. The van der Waals surface area contributed by atoms with E-state index in [1.165, 1.54) is 0 Å². The Kier molecular flexibility index (Phi) is 4.68. The quantitative estimate of drug-likeness (QED) is 0.882. The maximum atomic E-state index is 12.4. The lowest BCUT2D eigenvalue weighted by atomic mass is 10.2. The summed E-state index contributed by atoms with van der Waals surface area (Å²) in [6.07, 6.45) is 0.852. The Balaban J connectivity index is 1.66. The minimum absolute atomic E-state index is 0.00248. The molecule has 1 fully saturated rings.